The Balaban J connectivity index is 1.43. The summed E-state index contributed by atoms with van der Waals surface area (Å²) in [7, 11) is 1.63. The maximum absolute atomic E-state index is 13.4. The van der Waals surface area contributed by atoms with Gasteiger partial charge in [-0.2, -0.15) is 23.4 Å². The summed E-state index contributed by atoms with van der Waals surface area (Å²) in [5.74, 6) is 0.462. The lowest BCUT2D eigenvalue weighted by Gasteiger charge is -2.74. The molecule has 10 heteroatoms. The molecule has 1 aliphatic heterocycles. The second kappa shape index (κ2) is 7.41. The van der Waals surface area contributed by atoms with E-state index in [1.807, 2.05) is 13.0 Å². The van der Waals surface area contributed by atoms with Gasteiger partial charge in [-0.25, -0.2) is 9.78 Å². The van der Waals surface area contributed by atoms with E-state index >= 15 is 0 Å². The second-order valence-corrected chi connectivity index (χ2v) is 10.6. The third-order valence-electron chi connectivity index (χ3n) is 8.52. The van der Waals surface area contributed by atoms with Crippen LogP contribution < -0.4 is 10.6 Å². The number of nitrogens with zero attached hydrogens (tertiary/aromatic N) is 6. The molecule has 1 unspecified atom stereocenters. The Labute approximate surface area is 196 Å². The van der Waals surface area contributed by atoms with Crippen LogP contribution in [0.15, 0.2) is 16.9 Å². The number of rotatable bonds is 4. The molecule has 3 heterocycles. The first-order valence-corrected chi connectivity index (χ1v) is 11.8. The van der Waals surface area contributed by atoms with Gasteiger partial charge in [-0.15, -0.1) is 0 Å². The molecule has 4 aliphatic rings. The number of piperazine rings is 1. The Hall–Kier alpha value is -2.67. The fourth-order valence-corrected chi connectivity index (χ4v) is 6.89. The van der Waals surface area contributed by atoms with Crippen molar-refractivity contribution in [2.24, 2.45) is 17.9 Å². The number of hydrogen-bond acceptors (Lipinski definition) is 6. The summed E-state index contributed by atoms with van der Waals surface area (Å²) in [6.45, 7) is 7.44. The zero-order chi connectivity index (χ0) is 24.6. The minimum Gasteiger partial charge on any atom is -0.349 e. The Morgan fingerprint density at radius 3 is 2.44 bits per heavy atom. The molecule has 34 heavy (non-hydrogen) atoms. The highest BCUT2D eigenvalue weighted by Gasteiger charge is 2.80. The average Bonchev–Trinajstić information content (AvgIpc) is 2.72. The molecule has 0 aromatic carbocycles. The van der Waals surface area contributed by atoms with Crippen molar-refractivity contribution < 1.29 is 13.2 Å². The molecule has 3 atom stereocenters. The van der Waals surface area contributed by atoms with Crippen LogP contribution in [0.4, 0.5) is 19.0 Å². The van der Waals surface area contributed by atoms with Crippen LogP contribution in [0.3, 0.4) is 0 Å². The fourth-order valence-electron chi connectivity index (χ4n) is 6.89. The minimum atomic E-state index is -4.11. The summed E-state index contributed by atoms with van der Waals surface area (Å²) in [6.07, 6.45) is -2.57. The van der Waals surface area contributed by atoms with Crippen LogP contribution in [0, 0.1) is 22.2 Å². The lowest BCUT2D eigenvalue weighted by Crippen LogP contribution is -2.76. The molecule has 0 N–H and O–H groups in total. The van der Waals surface area contributed by atoms with Crippen molar-refractivity contribution in [3.63, 3.8) is 0 Å². The molecule has 1 saturated heterocycles. The van der Waals surface area contributed by atoms with Crippen LogP contribution in [-0.4, -0.2) is 56.8 Å². The molecular formula is C24H29F3N6O. The molecule has 2 aromatic heterocycles. The van der Waals surface area contributed by atoms with E-state index in [2.05, 4.69) is 33.6 Å². The number of alkyl halides is 3. The molecule has 3 aliphatic carbocycles. The van der Waals surface area contributed by atoms with Gasteiger partial charge in [0.25, 0.3) is 0 Å². The summed E-state index contributed by atoms with van der Waals surface area (Å²) in [5, 5.41) is 9.32. The molecule has 0 amide bonds. The van der Waals surface area contributed by atoms with Crippen LogP contribution in [0.5, 0.6) is 0 Å². The van der Waals surface area contributed by atoms with Gasteiger partial charge in [-0.05, 0) is 57.1 Å². The number of aromatic nitrogens is 3. The van der Waals surface area contributed by atoms with Gasteiger partial charge < -0.3 is 4.90 Å². The van der Waals surface area contributed by atoms with Crippen LogP contribution in [0.1, 0.15) is 52.1 Å². The number of nitriles is 1. The number of fused-ring (bicyclic) bond motifs is 1. The molecule has 6 rings (SSSR count). The van der Waals surface area contributed by atoms with Gasteiger partial charge in [0, 0.05) is 38.3 Å². The molecular weight excluding hydrogens is 445 g/mol. The highest BCUT2D eigenvalue weighted by Crippen LogP contribution is 2.80. The molecule has 0 radical (unpaired) electrons. The quantitative estimate of drug-likeness (QED) is 0.674. The first-order chi connectivity index (χ1) is 15.9. The lowest BCUT2D eigenvalue weighted by molar-refractivity contribution is -0.376. The molecule has 7 nitrogen and oxygen atoms in total. The molecule has 2 aromatic rings. The van der Waals surface area contributed by atoms with Gasteiger partial charge >= 0.3 is 11.9 Å². The summed E-state index contributed by atoms with van der Waals surface area (Å²) < 4.78 is 41.7. The van der Waals surface area contributed by atoms with Gasteiger partial charge in [0.1, 0.15) is 17.3 Å². The summed E-state index contributed by atoms with van der Waals surface area (Å²) >= 11 is 0. The lowest BCUT2D eigenvalue weighted by atomic mass is 9.32. The van der Waals surface area contributed by atoms with Crippen molar-refractivity contribution in [1.82, 2.24) is 19.4 Å². The van der Waals surface area contributed by atoms with Crippen LogP contribution >= 0.6 is 0 Å². The number of pyridine rings is 1. The molecule has 0 spiro atoms. The van der Waals surface area contributed by atoms with E-state index < -0.39 is 17.3 Å². The van der Waals surface area contributed by atoms with Crippen molar-refractivity contribution in [3.8, 4) is 6.07 Å². The topological polar surface area (TPSA) is 78.0 Å². The maximum Gasteiger partial charge on any atom is 0.394 e. The van der Waals surface area contributed by atoms with Crippen molar-refractivity contribution in [3.05, 3.63) is 28.3 Å². The van der Waals surface area contributed by atoms with Gasteiger partial charge in [-0.1, -0.05) is 6.92 Å². The highest BCUT2D eigenvalue weighted by molar-refractivity contribution is 5.86. The maximum atomic E-state index is 13.4. The third-order valence-corrected chi connectivity index (χ3v) is 8.52. The SMILES string of the molecule is CCC(N1C[C@H](C)N(c2nc(=O)n(C)c3ccc(C#N)nc23)C[C@@H]1C)C12CC(C(F)(F)F)(C1)C2. The third kappa shape index (κ3) is 3.09. The zero-order valence-electron chi connectivity index (χ0n) is 19.9. The number of anilines is 1. The summed E-state index contributed by atoms with van der Waals surface area (Å²) in [5.41, 5.74) is -0.719. The summed E-state index contributed by atoms with van der Waals surface area (Å²) in [6, 6.07) is 5.49. The fraction of sp³-hybridized carbons (Fsp3) is 0.667. The Morgan fingerprint density at radius 1 is 1.18 bits per heavy atom. The van der Waals surface area contributed by atoms with Crippen LogP contribution in [0.25, 0.3) is 11.0 Å². The van der Waals surface area contributed by atoms with E-state index in [1.165, 1.54) is 4.57 Å². The minimum absolute atomic E-state index is 0.0236. The Morgan fingerprint density at radius 2 is 1.85 bits per heavy atom. The van der Waals surface area contributed by atoms with Gasteiger partial charge in [0.2, 0.25) is 0 Å². The van der Waals surface area contributed by atoms with Crippen LogP contribution in [-0.2, 0) is 7.05 Å². The van der Waals surface area contributed by atoms with Gasteiger partial charge in [0.05, 0.1) is 10.9 Å². The normalized spacial score (nSPS) is 32.1. The van der Waals surface area contributed by atoms with E-state index in [-0.39, 0.29) is 48.5 Å². The van der Waals surface area contributed by atoms with Gasteiger partial charge in [-0.3, -0.25) is 9.47 Å². The van der Waals surface area contributed by atoms with E-state index in [4.69, 9.17) is 0 Å². The summed E-state index contributed by atoms with van der Waals surface area (Å²) in [4.78, 5) is 25.8. The predicted octanol–water partition coefficient (Wildman–Crippen LogP) is 3.61. The first kappa shape index (κ1) is 23.1. The molecule has 182 valence electrons. The van der Waals surface area contributed by atoms with Crippen molar-refractivity contribution in [2.45, 2.75) is 70.8 Å². The van der Waals surface area contributed by atoms with Crippen molar-refractivity contribution >= 4 is 16.9 Å². The standard InChI is InChI=1S/C24H29F3N6O/c1-5-18(22-11-23(12-22,13-22)24(25,26)27)32-9-15(3)33(10-14(32)2)20-19-17(31(4)21(34)30-20)7-6-16(8-28)29-19/h6-7,14-15,18H,5,9-13H2,1-4H3/t14-,15-,18?,22?,23?/m0/s1. The highest BCUT2D eigenvalue weighted by atomic mass is 19.4. The molecule has 4 fully saturated rings. The van der Waals surface area contributed by atoms with E-state index in [1.54, 1.807) is 19.2 Å². The van der Waals surface area contributed by atoms with E-state index in [9.17, 15) is 23.2 Å². The van der Waals surface area contributed by atoms with Gasteiger partial charge in [0.15, 0.2) is 5.82 Å². The van der Waals surface area contributed by atoms with Crippen LogP contribution in [0.2, 0.25) is 0 Å². The second-order valence-electron chi connectivity index (χ2n) is 10.6. The largest absolute Gasteiger partial charge is 0.394 e. The molecule has 2 bridgehead atoms. The Kier molecular flexibility index (Phi) is 5.03. The number of hydrogen-bond donors (Lipinski definition) is 0. The first-order valence-electron chi connectivity index (χ1n) is 11.8. The Bertz CT molecular complexity index is 1230. The van der Waals surface area contributed by atoms with E-state index in [0.717, 1.165) is 6.42 Å². The monoisotopic (exact) mass is 474 g/mol. The zero-order valence-corrected chi connectivity index (χ0v) is 19.9. The number of halogens is 3. The number of aryl methyl sites for hydroxylation is 1. The van der Waals surface area contributed by atoms with Crippen molar-refractivity contribution in [2.75, 3.05) is 18.0 Å². The smallest absolute Gasteiger partial charge is 0.349 e. The van der Waals surface area contributed by atoms with E-state index in [0.29, 0.717) is 29.9 Å². The average molecular weight is 475 g/mol. The predicted molar refractivity (Wildman–Crippen MR) is 121 cm³/mol. The van der Waals surface area contributed by atoms with Crippen molar-refractivity contribution in [1.29, 1.82) is 5.26 Å². The molecule has 3 saturated carbocycles.